The van der Waals surface area contributed by atoms with Crippen LogP contribution in [0, 0.1) is 5.92 Å². The molecule has 0 spiro atoms. The Morgan fingerprint density at radius 1 is 1.31 bits per heavy atom. The van der Waals surface area contributed by atoms with Gasteiger partial charge in [0, 0.05) is 13.2 Å². The van der Waals surface area contributed by atoms with E-state index in [2.05, 4.69) is 4.72 Å². The van der Waals surface area contributed by atoms with Crippen LogP contribution >= 0.6 is 0 Å². The van der Waals surface area contributed by atoms with Crippen molar-refractivity contribution in [1.29, 1.82) is 0 Å². The van der Waals surface area contributed by atoms with Crippen molar-refractivity contribution in [3.63, 3.8) is 0 Å². The summed E-state index contributed by atoms with van der Waals surface area (Å²) in [6.07, 6.45) is 1.06. The summed E-state index contributed by atoms with van der Waals surface area (Å²) >= 11 is 0. The maximum absolute atomic E-state index is 11.2. The quantitative estimate of drug-likeness (QED) is 0.594. The summed E-state index contributed by atoms with van der Waals surface area (Å²) < 4.78 is 24.9. The van der Waals surface area contributed by atoms with Crippen molar-refractivity contribution in [1.82, 2.24) is 4.72 Å². The average molecular weight is 209 g/mol. The molecule has 0 radical (unpaired) electrons. The molecule has 0 amide bonds. The molecule has 4 nitrogen and oxygen atoms in total. The van der Waals surface area contributed by atoms with Gasteiger partial charge in [0.05, 0.1) is 5.75 Å². The zero-order valence-corrected chi connectivity index (χ0v) is 9.10. The highest BCUT2D eigenvalue weighted by molar-refractivity contribution is 7.89. The van der Waals surface area contributed by atoms with Gasteiger partial charge in [-0.05, 0) is 18.8 Å². The van der Waals surface area contributed by atoms with Crippen molar-refractivity contribution in [2.45, 2.75) is 26.7 Å². The summed E-state index contributed by atoms with van der Waals surface area (Å²) in [5.74, 6) is 0.438. The third-order valence-corrected chi connectivity index (χ3v) is 2.97. The van der Waals surface area contributed by atoms with E-state index in [4.69, 9.17) is 5.11 Å². The van der Waals surface area contributed by atoms with E-state index in [1.54, 1.807) is 0 Å². The molecule has 0 rings (SSSR count). The van der Waals surface area contributed by atoms with Crippen molar-refractivity contribution in [2.24, 2.45) is 5.92 Å². The van der Waals surface area contributed by atoms with Crippen LogP contribution in [-0.4, -0.2) is 32.4 Å². The fraction of sp³-hybridized carbons (Fsp3) is 1.00. The number of nitrogens with one attached hydrogen (secondary N) is 1. The highest BCUT2D eigenvalue weighted by Gasteiger charge is 2.09. The predicted octanol–water partition coefficient (Wildman–Crippen LogP) is 0.334. The molecule has 0 saturated carbocycles. The fourth-order valence-corrected chi connectivity index (χ4v) is 2.09. The van der Waals surface area contributed by atoms with Gasteiger partial charge in [-0.15, -0.1) is 0 Å². The lowest BCUT2D eigenvalue weighted by Crippen LogP contribution is -2.29. The van der Waals surface area contributed by atoms with Crippen LogP contribution < -0.4 is 4.72 Å². The summed E-state index contributed by atoms with van der Waals surface area (Å²) in [5, 5.41) is 8.47. The first-order valence-electron chi connectivity index (χ1n) is 4.56. The molecule has 0 saturated heterocycles. The third-order valence-electron chi connectivity index (χ3n) is 1.53. The lowest BCUT2D eigenvalue weighted by molar-refractivity contribution is 0.287. The molecule has 0 aromatic rings. The zero-order valence-electron chi connectivity index (χ0n) is 8.28. The smallest absolute Gasteiger partial charge is 0.211 e. The van der Waals surface area contributed by atoms with E-state index in [9.17, 15) is 8.42 Å². The van der Waals surface area contributed by atoms with E-state index >= 15 is 0 Å². The number of aliphatic hydroxyl groups is 1. The Bertz CT molecular complexity index is 211. The molecule has 0 unspecified atom stereocenters. The summed E-state index contributed by atoms with van der Waals surface area (Å²) in [5.41, 5.74) is 0. The number of rotatable bonds is 7. The van der Waals surface area contributed by atoms with Gasteiger partial charge in [-0.3, -0.25) is 0 Å². The Labute approximate surface area is 80.4 Å². The maximum Gasteiger partial charge on any atom is 0.211 e. The molecule has 0 aliphatic rings. The van der Waals surface area contributed by atoms with Crippen molar-refractivity contribution < 1.29 is 13.5 Å². The van der Waals surface area contributed by atoms with Crippen LogP contribution in [-0.2, 0) is 10.0 Å². The summed E-state index contributed by atoms with van der Waals surface area (Å²) in [6, 6.07) is 0. The number of hydrogen-bond acceptors (Lipinski definition) is 3. The molecule has 80 valence electrons. The van der Waals surface area contributed by atoms with Crippen molar-refractivity contribution in [3.8, 4) is 0 Å². The standard InChI is InChI=1S/C8H19NO3S/c1-8(2)7-9-13(11,12)6-4-3-5-10/h8-10H,3-7H2,1-2H3. The molecule has 0 heterocycles. The SMILES string of the molecule is CC(C)CNS(=O)(=O)CCCCO. The van der Waals surface area contributed by atoms with Crippen molar-refractivity contribution in [2.75, 3.05) is 18.9 Å². The van der Waals surface area contributed by atoms with Crippen molar-refractivity contribution >= 4 is 10.0 Å². The first-order valence-corrected chi connectivity index (χ1v) is 6.21. The topological polar surface area (TPSA) is 66.4 Å². The minimum absolute atomic E-state index is 0.0553. The Morgan fingerprint density at radius 2 is 1.92 bits per heavy atom. The molecule has 0 aromatic carbocycles. The number of sulfonamides is 1. The van der Waals surface area contributed by atoms with E-state index in [0.29, 0.717) is 25.3 Å². The second kappa shape index (κ2) is 6.34. The van der Waals surface area contributed by atoms with Gasteiger partial charge in [-0.2, -0.15) is 0 Å². The number of hydrogen-bond donors (Lipinski definition) is 2. The molecule has 0 aliphatic heterocycles. The Hall–Kier alpha value is -0.130. The van der Waals surface area contributed by atoms with E-state index in [-0.39, 0.29) is 12.4 Å². The van der Waals surface area contributed by atoms with Gasteiger partial charge in [0.25, 0.3) is 0 Å². The maximum atomic E-state index is 11.2. The fourth-order valence-electron chi connectivity index (χ4n) is 0.770. The Balaban J connectivity index is 3.68. The molecule has 2 N–H and O–H groups in total. The van der Waals surface area contributed by atoms with Crippen LogP contribution in [0.5, 0.6) is 0 Å². The van der Waals surface area contributed by atoms with Gasteiger partial charge in [0.2, 0.25) is 10.0 Å². The number of aliphatic hydroxyl groups excluding tert-OH is 1. The van der Waals surface area contributed by atoms with Crippen LogP contribution in [0.15, 0.2) is 0 Å². The first kappa shape index (κ1) is 12.9. The Morgan fingerprint density at radius 3 is 2.38 bits per heavy atom. The van der Waals surface area contributed by atoms with E-state index in [1.165, 1.54) is 0 Å². The van der Waals surface area contributed by atoms with E-state index in [1.807, 2.05) is 13.8 Å². The molecule has 0 atom stereocenters. The minimum atomic E-state index is -3.11. The molecule has 13 heavy (non-hydrogen) atoms. The third kappa shape index (κ3) is 8.21. The molecule has 0 aliphatic carbocycles. The summed E-state index contributed by atoms with van der Waals surface area (Å²) in [4.78, 5) is 0. The van der Waals surface area contributed by atoms with Gasteiger partial charge < -0.3 is 5.11 Å². The van der Waals surface area contributed by atoms with Gasteiger partial charge >= 0.3 is 0 Å². The normalized spacial score (nSPS) is 12.3. The molecule has 0 bridgehead atoms. The van der Waals surface area contributed by atoms with Gasteiger partial charge in [0.1, 0.15) is 0 Å². The van der Waals surface area contributed by atoms with Crippen LogP contribution in [0.2, 0.25) is 0 Å². The average Bonchev–Trinajstić information content (AvgIpc) is 2.02. The van der Waals surface area contributed by atoms with Crippen LogP contribution in [0.3, 0.4) is 0 Å². The lowest BCUT2D eigenvalue weighted by Gasteiger charge is -2.07. The van der Waals surface area contributed by atoms with E-state index in [0.717, 1.165) is 0 Å². The van der Waals surface area contributed by atoms with Gasteiger partial charge in [0.15, 0.2) is 0 Å². The van der Waals surface area contributed by atoms with Gasteiger partial charge in [-0.25, -0.2) is 13.1 Å². The lowest BCUT2D eigenvalue weighted by atomic mass is 10.2. The predicted molar refractivity (Wildman–Crippen MR) is 52.9 cm³/mol. The Kier molecular flexibility index (Phi) is 6.28. The highest BCUT2D eigenvalue weighted by atomic mass is 32.2. The van der Waals surface area contributed by atoms with Crippen LogP contribution in [0.25, 0.3) is 0 Å². The minimum Gasteiger partial charge on any atom is -0.396 e. The highest BCUT2D eigenvalue weighted by Crippen LogP contribution is 1.95. The first-order chi connectivity index (χ1) is 5.98. The van der Waals surface area contributed by atoms with Crippen LogP contribution in [0.1, 0.15) is 26.7 Å². The largest absolute Gasteiger partial charge is 0.396 e. The van der Waals surface area contributed by atoms with Crippen LogP contribution in [0.4, 0.5) is 0 Å². The second-order valence-corrected chi connectivity index (χ2v) is 5.42. The molecular formula is C8H19NO3S. The molecule has 0 aromatic heterocycles. The van der Waals surface area contributed by atoms with Crippen molar-refractivity contribution in [3.05, 3.63) is 0 Å². The molecule has 0 fully saturated rings. The monoisotopic (exact) mass is 209 g/mol. The summed E-state index contributed by atoms with van der Waals surface area (Å²) in [6.45, 7) is 4.45. The van der Waals surface area contributed by atoms with Gasteiger partial charge in [-0.1, -0.05) is 13.8 Å². The molecule has 5 heteroatoms. The molecular weight excluding hydrogens is 190 g/mol. The summed E-state index contributed by atoms with van der Waals surface area (Å²) in [7, 11) is -3.11. The second-order valence-electron chi connectivity index (χ2n) is 3.49. The number of unbranched alkanes of at least 4 members (excludes halogenated alkanes) is 1. The van der Waals surface area contributed by atoms with E-state index < -0.39 is 10.0 Å². The zero-order chi connectivity index (χ0) is 10.3.